The number of halogens is 1. The second-order valence-electron chi connectivity index (χ2n) is 5.49. The number of carbonyl (C=O) groups is 2. The van der Waals surface area contributed by atoms with Crippen molar-refractivity contribution in [3.8, 4) is 6.07 Å². The van der Waals surface area contributed by atoms with Crippen molar-refractivity contribution >= 4 is 39.0 Å². The zero-order chi connectivity index (χ0) is 18.7. The number of nitrogens with one attached hydrogen (secondary N) is 1. The van der Waals surface area contributed by atoms with Crippen LogP contribution in [-0.4, -0.2) is 18.0 Å². The van der Waals surface area contributed by atoms with Crippen molar-refractivity contribution in [1.29, 1.82) is 5.26 Å². The number of hydrogen-bond acceptors (Lipinski definition) is 5. The maximum absolute atomic E-state index is 13.7. The Kier molecular flexibility index (Phi) is 4.96. The second kappa shape index (κ2) is 7.33. The molecule has 1 heterocycles. The van der Waals surface area contributed by atoms with E-state index in [4.69, 9.17) is 10.00 Å². The van der Waals surface area contributed by atoms with E-state index in [9.17, 15) is 14.0 Å². The summed E-state index contributed by atoms with van der Waals surface area (Å²) < 4.78 is 19.5. The number of ether oxygens (including phenoxy) is 1. The largest absolute Gasteiger partial charge is 0.448 e. The molecule has 1 aromatic heterocycles. The van der Waals surface area contributed by atoms with Gasteiger partial charge in [-0.2, -0.15) is 5.26 Å². The highest BCUT2D eigenvalue weighted by atomic mass is 32.1. The molecule has 0 bridgehead atoms. The summed E-state index contributed by atoms with van der Waals surface area (Å²) in [6.07, 6.45) is -1.05. The number of nitriles is 1. The zero-order valence-electron chi connectivity index (χ0n) is 13.7. The van der Waals surface area contributed by atoms with Crippen LogP contribution in [0.2, 0.25) is 0 Å². The molecular formula is C19H13FN2O3S. The van der Waals surface area contributed by atoms with Crippen LogP contribution in [0.25, 0.3) is 10.1 Å². The topological polar surface area (TPSA) is 79.2 Å². The minimum absolute atomic E-state index is 0.219. The molecule has 5 nitrogen and oxygen atoms in total. The Morgan fingerprint density at radius 3 is 2.73 bits per heavy atom. The maximum atomic E-state index is 13.7. The van der Waals surface area contributed by atoms with E-state index >= 15 is 0 Å². The Morgan fingerprint density at radius 1 is 1.23 bits per heavy atom. The fourth-order valence-corrected chi connectivity index (χ4v) is 3.27. The molecule has 0 aliphatic carbocycles. The lowest BCUT2D eigenvalue weighted by molar-refractivity contribution is -0.123. The first-order valence-electron chi connectivity index (χ1n) is 7.68. The van der Waals surface area contributed by atoms with E-state index in [-0.39, 0.29) is 4.88 Å². The molecule has 1 amide bonds. The lowest BCUT2D eigenvalue weighted by Gasteiger charge is -2.13. The molecule has 1 N–H and O–H groups in total. The number of thiophene rings is 1. The molecule has 0 radical (unpaired) electrons. The number of amides is 1. The van der Waals surface area contributed by atoms with Crippen LogP contribution in [0.4, 0.5) is 10.1 Å². The van der Waals surface area contributed by atoms with Gasteiger partial charge in [-0.05, 0) is 43.3 Å². The standard InChI is InChI=1S/C19H13FN2O3S/c1-11(18(23)22-13-5-2-4-12(8-13)10-21)25-19(24)17-9-14-15(20)6-3-7-16(14)26-17/h2-9,11H,1H3,(H,22,23). The van der Waals surface area contributed by atoms with Gasteiger partial charge < -0.3 is 10.1 Å². The predicted octanol–water partition coefficient (Wildman–Crippen LogP) is 4.10. The zero-order valence-corrected chi connectivity index (χ0v) is 14.5. The van der Waals surface area contributed by atoms with Gasteiger partial charge >= 0.3 is 5.97 Å². The third kappa shape index (κ3) is 3.71. The van der Waals surface area contributed by atoms with Crippen LogP contribution in [-0.2, 0) is 9.53 Å². The molecule has 0 fully saturated rings. The summed E-state index contributed by atoms with van der Waals surface area (Å²) in [6, 6.07) is 14.4. The molecule has 26 heavy (non-hydrogen) atoms. The quantitative estimate of drug-likeness (QED) is 0.703. The normalized spacial score (nSPS) is 11.6. The van der Waals surface area contributed by atoms with Crippen molar-refractivity contribution in [2.24, 2.45) is 0 Å². The van der Waals surface area contributed by atoms with Crippen molar-refractivity contribution in [3.05, 3.63) is 64.8 Å². The van der Waals surface area contributed by atoms with E-state index < -0.39 is 23.8 Å². The van der Waals surface area contributed by atoms with E-state index in [0.717, 1.165) is 11.3 Å². The van der Waals surface area contributed by atoms with Crippen LogP contribution in [0.15, 0.2) is 48.5 Å². The van der Waals surface area contributed by atoms with Gasteiger partial charge in [-0.25, -0.2) is 9.18 Å². The van der Waals surface area contributed by atoms with Gasteiger partial charge in [0.25, 0.3) is 5.91 Å². The van der Waals surface area contributed by atoms with Crippen LogP contribution in [0.3, 0.4) is 0 Å². The van der Waals surface area contributed by atoms with Crippen molar-refractivity contribution in [2.45, 2.75) is 13.0 Å². The van der Waals surface area contributed by atoms with Crippen molar-refractivity contribution in [1.82, 2.24) is 0 Å². The number of hydrogen-bond donors (Lipinski definition) is 1. The van der Waals surface area contributed by atoms with Crippen molar-refractivity contribution < 1.29 is 18.7 Å². The molecule has 1 unspecified atom stereocenters. The molecule has 7 heteroatoms. The molecule has 2 aromatic carbocycles. The summed E-state index contributed by atoms with van der Waals surface area (Å²) in [5.41, 5.74) is 0.834. The minimum Gasteiger partial charge on any atom is -0.448 e. The first-order valence-corrected chi connectivity index (χ1v) is 8.49. The number of carbonyl (C=O) groups excluding carboxylic acids is 2. The molecule has 3 rings (SSSR count). The molecule has 0 saturated carbocycles. The maximum Gasteiger partial charge on any atom is 0.349 e. The molecule has 3 aromatic rings. The Balaban J connectivity index is 1.68. The van der Waals surface area contributed by atoms with Gasteiger partial charge in [0.15, 0.2) is 6.10 Å². The fraction of sp³-hybridized carbons (Fsp3) is 0.105. The smallest absolute Gasteiger partial charge is 0.349 e. The highest BCUT2D eigenvalue weighted by molar-refractivity contribution is 7.20. The number of benzene rings is 2. The lowest BCUT2D eigenvalue weighted by atomic mass is 10.2. The number of nitrogens with zero attached hydrogens (tertiary/aromatic N) is 1. The van der Waals surface area contributed by atoms with Crippen LogP contribution < -0.4 is 5.32 Å². The first-order chi connectivity index (χ1) is 12.5. The minimum atomic E-state index is -1.05. The van der Waals surface area contributed by atoms with E-state index in [1.165, 1.54) is 25.1 Å². The Hall–Kier alpha value is -3.24. The van der Waals surface area contributed by atoms with Gasteiger partial charge in [0.05, 0.1) is 11.6 Å². The van der Waals surface area contributed by atoms with E-state index in [1.807, 2.05) is 6.07 Å². The summed E-state index contributed by atoms with van der Waals surface area (Å²) in [5, 5.41) is 11.8. The average molecular weight is 368 g/mol. The third-order valence-electron chi connectivity index (χ3n) is 3.62. The predicted molar refractivity (Wildman–Crippen MR) is 96.4 cm³/mol. The highest BCUT2D eigenvalue weighted by Gasteiger charge is 2.21. The Bertz CT molecular complexity index is 1040. The van der Waals surface area contributed by atoms with Gasteiger partial charge in [-0.3, -0.25) is 4.79 Å². The number of esters is 1. The first kappa shape index (κ1) is 17.6. The third-order valence-corrected chi connectivity index (χ3v) is 4.70. The van der Waals surface area contributed by atoms with Gasteiger partial charge in [-0.15, -0.1) is 11.3 Å². The molecular weight excluding hydrogens is 355 g/mol. The summed E-state index contributed by atoms with van der Waals surface area (Å²) >= 11 is 1.10. The molecule has 130 valence electrons. The summed E-state index contributed by atoms with van der Waals surface area (Å²) in [5.74, 6) is -1.64. The van der Waals surface area contributed by atoms with Gasteiger partial charge in [0, 0.05) is 15.8 Å². The van der Waals surface area contributed by atoms with E-state index in [0.29, 0.717) is 21.3 Å². The SMILES string of the molecule is CC(OC(=O)c1cc2c(F)cccc2s1)C(=O)Nc1cccc(C#N)c1. The number of rotatable bonds is 4. The molecule has 0 saturated heterocycles. The van der Waals surface area contributed by atoms with E-state index in [1.54, 1.807) is 30.3 Å². The summed E-state index contributed by atoms with van der Waals surface area (Å²) in [7, 11) is 0. The molecule has 0 aliphatic rings. The molecule has 1 atom stereocenters. The lowest BCUT2D eigenvalue weighted by Crippen LogP contribution is -2.29. The highest BCUT2D eigenvalue weighted by Crippen LogP contribution is 2.28. The van der Waals surface area contributed by atoms with Crippen molar-refractivity contribution in [2.75, 3.05) is 5.32 Å². The fourth-order valence-electron chi connectivity index (χ4n) is 2.31. The van der Waals surface area contributed by atoms with Gasteiger partial charge in [-0.1, -0.05) is 12.1 Å². The Morgan fingerprint density at radius 2 is 2.00 bits per heavy atom. The van der Waals surface area contributed by atoms with Crippen molar-refractivity contribution in [3.63, 3.8) is 0 Å². The molecule has 0 spiro atoms. The van der Waals surface area contributed by atoms with E-state index in [2.05, 4.69) is 5.32 Å². The average Bonchev–Trinajstić information content (AvgIpc) is 3.07. The monoisotopic (exact) mass is 368 g/mol. The second-order valence-corrected chi connectivity index (χ2v) is 6.58. The van der Waals surface area contributed by atoms with Crippen LogP contribution in [0.5, 0.6) is 0 Å². The van der Waals surface area contributed by atoms with Crippen LogP contribution >= 0.6 is 11.3 Å². The summed E-state index contributed by atoms with van der Waals surface area (Å²) in [6.45, 7) is 1.44. The number of anilines is 1. The number of fused-ring (bicyclic) bond motifs is 1. The van der Waals surface area contributed by atoms with Crippen LogP contribution in [0.1, 0.15) is 22.2 Å². The summed E-state index contributed by atoms with van der Waals surface area (Å²) in [4.78, 5) is 24.6. The van der Waals surface area contributed by atoms with Gasteiger partial charge in [0.1, 0.15) is 10.7 Å². The van der Waals surface area contributed by atoms with Crippen LogP contribution in [0, 0.1) is 17.1 Å². The van der Waals surface area contributed by atoms with Gasteiger partial charge in [0.2, 0.25) is 0 Å². The molecule has 0 aliphatic heterocycles. The Labute approximate surface area is 152 Å².